The average molecular weight is 291 g/mol. The van der Waals surface area contributed by atoms with Crippen LogP contribution in [0, 0.1) is 0 Å². The van der Waals surface area contributed by atoms with Crippen molar-refractivity contribution in [3.8, 4) is 5.75 Å². The van der Waals surface area contributed by atoms with Crippen molar-refractivity contribution >= 4 is 0 Å². The van der Waals surface area contributed by atoms with E-state index in [1.165, 1.54) is 0 Å². The molecule has 2 aliphatic rings. The number of hydrogen-bond donors (Lipinski definition) is 1. The largest absolute Gasteiger partial charge is 0.490 e. The molecule has 4 nitrogen and oxygen atoms in total. The van der Waals surface area contributed by atoms with E-state index in [1.807, 2.05) is 18.2 Å². The molecule has 1 aromatic carbocycles. The molecule has 3 atom stereocenters. The van der Waals surface area contributed by atoms with Gasteiger partial charge in [0.1, 0.15) is 11.9 Å². The maximum absolute atomic E-state index is 6.28. The Hall–Kier alpha value is -1.10. The van der Waals surface area contributed by atoms with Gasteiger partial charge in [-0.2, -0.15) is 0 Å². The van der Waals surface area contributed by atoms with Crippen molar-refractivity contribution in [2.45, 2.75) is 50.4 Å². The van der Waals surface area contributed by atoms with Crippen molar-refractivity contribution in [2.75, 3.05) is 19.8 Å². The molecule has 0 aromatic heterocycles. The van der Waals surface area contributed by atoms with Gasteiger partial charge in [0.25, 0.3) is 0 Å². The van der Waals surface area contributed by atoms with Gasteiger partial charge in [0.15, 0.2) is 0 Å². The fourth-order valence-corrected chi connectivity index (χ4v) is 3.24. The van der Waals surface area contributed by atoms with E-state index >= 15 is 0 Å². The Labute approximate surface area is 126 Å². The van der Waals surface area contributed by atoms with Gasteiger partial charge in [0.2, 0.25) is 0 Å². The minimum Gasteiger partial charge on any atom is -0.490 e. The molecule has 2 saturated heterocycles. The highest BCUT2D eigenvalue weighted by Crippen LogP contribution is 2.35. The smallest absolute Gasteiger partial charge is 0.124 e. The van der Waals surface area contributed by atoms with Crippen molar-refractivity contribution in [2.24, 2.45) is 5.73 Å². The second kappa shape index (κ2) is 6.34. The quantitative estimate of drug-likeness (QED) is 0.927. The molecular weight excluding hydrogens is 266 g/mol. The van der Waals surface area contributed by atoms with Crippen LogP contribution in [0.25, 0.3) is 0 Å². The molecule has 21 heavy (non-hydrogen) atoms. The molecule has 2 fully saturated rings. The zero-order valence-corrected chi connectivity index (χ0v) is 12.7. The summed E-state index contributed by atoms with van der Waals surface area (Å²) in [4.78, 5) is 0. The van der Waals surface area contributed by atoms with E-state index in [4.69, 9.17) is 19.9 Å². The van der Waals surface area contributed by atoms with Crippen LogP contribution in [0.2, 0.25) is 0 Å². The third-order valence-corrected chi connectivity index (χ3v) is 4.57. The standard InChI is InChI=1S/C17H25NO3/c1-2-15(18)14-5-3-4-6-16(14)21-13-7-9-20-17(11-13)8-10-19-12-17/h3-6,13,15H,2,7-12,18H2,1H3/t13?,15-,17?/m0/s1. The van der Waals surface area contributed by atoms with Crippen LogP contribution in [0.5, 0.6) is 5.75 Å². The first-order chi connectivity index (χ1) is 10.2. The highest BCUT2D eigenvalue weighted by Gasteiger charge is 2.41. The van der Waals surface area contributed by atoms with E-state index in [1.54, 1.807) is 0 Å². The maximum atomic E-state index is 6.28. The molecule has 3 rings (SSSR count). The van der Waals surface area contributed by atoms with Crippen LogP contribution in [0.3, 0.4) is 0 Å². The summed E-state index contributed by atoms with van der Waals surface area (Å²) in [5.74, 6) is 0.924. The predicted molar refractivity (Wildman–Crippen MR) is 81.4 cm³/mol. The second-order valence-electron chi connectivity index (χ2n) is 6.12. The minimum atomic E-state index is -0.120. The highest BCUT2D eigenvalue weighted by molar-refractivity contribution is 5.36. The van der Waals surface area contributed by atoms with Crippen LogP contribution in [0.1, 0.15) is 44.2 Å². The minimum absolute atomic E-state index is 0.0322. The molecular formula is C17H25NO3. The number of nitrogens with two attached hydrogens (primary N) is 1. The first-order valence-electron chi connectivity index (χ1n) is 7.95. The number of hydrogen-bond acceptors (Lipinski definition) is 4. The van der Waals surface area contributed by atoms with Crippen molar-refractivity contribution in [3.63, 3.8) is 0 Å². The SMILES string of the molecule is CC[C@H](N)c1ccccc1OC1CCOC2(CCOC2)C1. The number of ether oxygens (including phenoxy) is 3. The second-order valence-corrected chi connectivity index (χ2v) is 6.12. The highest BCUT2D eigenvalue weighted by atomic mass is 16.6. The lowest BCUT2D eigenvalue weighted by atomic mass is 9.91. The van der Waals surface area contributed by atoms with E-state index in [9.17, 15) is 0 Å². The van der Waals surface area contributed by atoms with Gasteiger partial charge in [-0.15, -0.1) is 0 Å². The third kappa shape index (κ3) is 3.23. The summed E-state index contributed by atoms with van der Waals surface area (Å²) in [6.07, 6.45) is 3.90. The monoisotopic (exact) mass is 291 g/mol. The van der Waals surface area contributed by atoms with E-state index in [-0.39, 0.29) is 17.7 Å². The fourth-order valence-electron chi connectivity index (χ4n) is 3.24. The maximum Gasteiger partial charge on any atom is 0.124 e. The molecule has 0 aliphatic carbocycles. The van der Waals surface area contributed by atoms with Crippen molar-refractivity contribution < 1.29 is 14.2 Å². The molecule has 2 unspecified atom stereocenters. The van der Waals surface area contributed by atoms with Gasteiger partial charge in [-0.1, -0.05) is 25.1 Å². The molecule has 2 aliphatic heterocycles. The Morgan fingerprint density at radius 2 is 2.24 bits per heavy atom. The number of benzene rings is 1. The molecule has 4 heteroatoms. The summed E-state index contributed by atoms with van der Waals surface area (Å²) in [7, 11) is 0. The molecule has 0 bridgehead atoms. The summed E-state index contributed by atoms with van der Waals surface area (Å²) >= 11 is 0. The normalized spacial score (nSPS) is 30.5. The summed E-state index contributed by atoms with van der Waals surface area (Å²) in [6, 6.07) is 8.16. The van der Waals surface area contributed by atoms with E-state index in [0.29, 0.717) is 6.61 Å². The van der Waals surface area contributed by atoms with Gasteiger partial charge < -0.3 is 19.9 Å². The zero-order valence-electron chi connectivity index (χ0n) is 12.7. The topological polar surface area (TPSA) is 53.7 Å². The lowest BCUT2D eigenvalue weighted by Crippen LogP contribution is -2.44. The van der Waals surface area contributed by atoms with Gasteiger partial charge >= 0.3 is 0 Å². The summed E-state index contributed by atoms with van der Waals surface area (Å²) in [5, 5.41) is 0. The van der Waals surface area contributed by atoms with Gasteiger partial charge in [-0.05, 0) is 12.5 Å². The lowest BCUT2D eigenvalue weighted by Gasteiger charge is -2.37. The van der Waals surface area contributed by atoms with Crippen LogP contribution in [-0.4, -0.2) is 31.5 Å². The molecule has 2 heterocycles. The Morgan fingerprint density at radius 1 is 1.38 bits per heavy atom. The molecule has 2 N–H and O–H groups in total. The Kier molecular flexibility index (Phi) is 4.48. The molecule has 0 saturated carbocycles. The molecule has 0 amide bonds. The van der Waals surface area contributed by atoms with Crippen LogP contribution in [0.15, 0.2) is 24.3 Å². The van der Waals surface area contributed by atoms with Crippen molar-refractivity contribution in [1.29, 1.82) is 0 Å². The average Bonchev–Trinajstić information content (AvgIpc) is 2.95. The fraction of sp³-hybridized carbons (Fsp3) is 0.647. The van der Waals surface area contributed by atoms with Crippen molar-refractivity contribution in [1.82, 2.24) is 0 Å². The van der Waals surface area contributed by atoms with Gasteiger partial charge in [0.05, 0.1) is 18.8 Å². The Balaban J connectivity index is 1.71. The molecule has 116 valence electrons. The van der Waals surface area contributed by atoms with E-state index in [0.717, 1.165) is 50.2 Å². The number of para-hydroxylation sites is 1. The lowest BCUT2D eigenvalue weighted by molar-refractivity contribution is -0.112. The summed E-state index contributed by atoms with van der Waals surface area (Å²) in [5.41, 5.74) is 7.17. The third-order valence-electron chi connectivity index (χ3n) is 4.57. The van der Waals surface area contributed by atoms with Crippen LogP contribution < -0.4 is 10.5 Å². The van der Waals surface area contributed by atoms with Gasteiger partial charge in [-0.25, -0.2) is 0 Å². The molecule has 1 aromatic rings. The van der Waals surface area contributed by atoms with Gasteiger partial charge in [-0.3, -0.25) is 0 Å². The Morgan fingerprint density at radius 3 is 3.00 bits per heavy atom. The zero-order chi connectivity index (χ0) is 14.7. The first kappa shape index (κ1) is 14.8. The molecule has 0 radical (unpaired) electrons. The Bertz CT molecular complexity index is 471. The summed E-state index contributed by atoms with van der Waals surface area (Å²) < 4.78 is 17.8. The van der Waals surface area contributed by atoms with Crippen LogP contribution in [-0.2, 0) is 9.47 Å². The number of rotatable bonds is 4. The molecule has 1 spiro atoms. The van der Waals surface area contributed by atoms with Crippen LogP contribution in [0.4, 0.5) is 0 Å². The summed E-state index contributed by atoms with van der Waals surface area (Å²) in [6.45, 7) is 4.34. The predicted octanol–water partition coefficient (Wildman–Crippen LogP) is 2.81. The van der Waals surface area contributed by atoms with E-state index < -0.39 is 0 Å². The van der Waals surface area contributed by atoms with E-state index in [2.05, 4.69) is 13.0 Å². The first-order valence-corrected chi connectivity index (χ1v) is 7.95. The van der Waals surface area contributed by atoms with Crippen molar-refractivity contribution in [3.05, 3.63) is 29.8 Å². The van der Waals surface area contributed by atoms with Crippen LogP contribution >= 0.6 is 0 Å². The van der Waals surface area contributed by atoms with Gasteiger partial charge in [0, 0.05) is 37.5 Å².